The molecule has 4 heteroatoms. The average molecular weight is 291 g/mol. The molecule has 0 aliphatic rings. The Morgan fingerprint density at radius 2 is 1.90 bits per heavy atom. The smallest absolute Gasteiger partial charge is 0.267 e. The van der Waals surface area contributed by atoms with Crippen molar-refractivity contribution >= 4 is 17.5 Å². The van der Waals surface area contributed by atoms with Gasteiger partial charge in [-0.15, -0.1) is 0 Å². The number of carbonyl (C=O) groups is 1. The molecule has 20 heavy (non-hydrogen) atoms. The Hall–Kier alpha value is -1.61. The second-order valence-corrected chi connectivity index (χ2v) is 5.41. The van der Waals surface area contributed by atoms with Crippen molar-refractivity contribution in [3.63, 3.8) is 0 Å². The predicted molar refractivity (Wildman–Crippen MR) is 81.5 cm³/mol. The van der Waals surface area contributed by atoms with E-state index in [1.165, 1.54) is 10.2 Å². The molecule has 0 amide bonds. The predicted octanol–water partition coefficient (Wildman–Crippen LogP) is 4.18. The molecule has 1 heterocycles. The molecule has 2 aromatic rings. The van der Waals surface area contributed by atoms with Gasteiger partial charge < -0.3 is 0 Å². The van der Waals surface area contributed by atoms with E-state index in [0.717, 1.165) is 30.7 Å². The molecule has 0 unspecified atom stereocenters. The van der Waals surface area contributed by atoms with Gasteiger partial charge >= 0.3 is 0 Å². The van der Waals surface area contributed by atoms with Crippen LogP contribution >= 0.6 is 11.6 Å². The first-order valence-corrected chi connectivity index (χ1v) is 7.27. The summed E-state index contributed by atoms with van der Waals surface area (Å²) in [5.41, 5.74) is 3.67. The molecule has 0 aliphatic carbocycles. The fraction of sp³-hybridized carbons (Fsp3) is 0.375. The topological polar surface area (TPSA) is 34.9 Å². The molecule has 0 aliphatic heterocycles. The van der Waals surface area contributed by atoms with Gasteiger partial charge in [0.05, 0.1) is 5.69 Å². The van der Waals surface area contributed by atoms with E-state index in [4.69, 9.17) is 11.6 Å². The van der Waals surface area contributed by atoms with Crippen molar-refractivity contribution in [1.29, 1.82) is 0 Å². The van der Waals surface area contributed by atoms with Crippen LogP contribution in [0.15, 0.2) is 24.3 Å². The molecule has 0 N–H and O–H groups in total. The lowest BCUT2D eigenvalue weighted by atomic mass is 10.1. The molecule has 0 atom stereocenters. The van der Waals surface area contributed by atoms with Crippen LogP contribution in [-0.2, 0) is 6.42 Å². The number of hydrogen-bond acceptors (Lipinski definition) is 2. The van der Waals surface area contributed by atoms with Crippen LogP contribution in [0, 0.1) is 13.8 Å². The van der Waals surface area contributed by atoms with Crippen LogP contribution in [0.1, 0.15) is 47.1 Å². The van der Waals surface area contributed by atoms with Gasteiger partial charge in [0.1, 0.15) is 0 Å². The van der Waals surface area contributed by atoms with E-state index in [-0.39, 0.29) is 5.91 Å². The number of unbranched alkanes of at least 4 members (excludes halogenated alkanes) is 1. The quantitative estimate of drug-likeness (QED) is 0.846. The van der Waals surface area contributed by atoms with Gasteiger partial charge in [-0.1, -0.05) is 24.9 Å². The molecule has 1 aromatic carbocycles. The number of aromatic nitrogens is 2. The highest BCUT2D eigenvalue weighted by Gasteiger charge is 2.17. The second-order valence-electron chi connectivity index (χ2n) is 4.98. The average Bonchev–Trinajstić information content (AvgIpc) is 2.72. The highest BCUT2D eigenvalue weighted by atomic mass is 35.5. The van der Waals surface area contributed by atoms with Gasteiger partial charge in [0, 0.05) is 16.3 Å². The highest BCUT2D eigenvalue weighted by molar-refractivity contribution is 6.30. The summed E-state index contributed by atoms with van der Waals surface area (Å²) in [7, 11) is 0. The van der Waals surface area contributed by atoms with E-state index in [9.17, 15) is 4.79 Å². The highest BCUT2D eigenvalue weighted by Crippen LogP contribution is 2.18. The number of benzene rings is 1. The third-order valence-electron chi connectivity index (χ3n) is 3.51. The maximum Gasteiger partial charge on any atom is 0.278 e. The minimum atomic E-state index is -0.106. The minimum Gasteiger partial charge on any atom is -0.267 e. The van der Waals surface area contributed by atoms with Crippen LogP contribution in [0.2, 0.25) is 5.02 Å². The lowest BCUT2D eigenvalue weighted by Gasteiger charge is -2.04. The monoisotopic (exact) mass is 290 g/mol. The molecular formula is C16H19ClN2O. The second kappa shape index (κ2) is 6.23. The normalized spacial score (nSPS) is 10.8. The number of aryl methyl sites for hydroxylation is 1. The number of nitrogens with zero attached hydrogens (tertiary/aromatic N) is 2. The van der Waals surface area contributed by atoms with Crippen LogP contribution in [0.3, 0.4) is 0 Å². The van der Waals surface area contributed by atoms with Crippen molar-refractivity contribution in [3.8, 4) is 0 Å². The van der Waals surface area contributed by atoms with Crippen LogP contribution < -0.4 is 0 Å². The lowest BCUT2D eigenvalue weighted by Crippen LogP contribution is -2.15. The fourth-order valence-corrected chi connectivity index (χ4v) is 2.43. The van der Waals surface area contributed by atoms with Gasteiger partial charge in [0.2, 0.25) is 0 Å². The third kappa shape index (κ3) is 2.93. The molecule has 0 radical (unpaired) electrons. The van der Waals surface area contributed by atoms with Crippen molar-refractivity contribution in [3.05, 3.63) is 51.8 Å². The summed E-state index contributed by atoms with van der Waals surface area (Å²) >= 11 is 5.85. The number of hydrogen-bond donors (Lipinski definition) is 0. The van der Waals surface area contributed by atoms with Crippen LogP contribution in [-0.4, -0.2) is 15.7 Å². The van der Waals surface area contributed by atoms with Gasteiger partial charge in [-0.3, -0.25) is 4.79 Å². The van der Waals surface area contributed by atoms with Crippen LogP contribution in [0.5, 0.6) is 0 Å². The van der Waals surface area contributed by atoms with E-state index in [1.54, 1.807) is 24.3 Å². The Labute approximate surface area is 124 Å². The Bertz CT molecular complexity index is 614. The van der Waals surface area contributed by atoms with E-state index >= 15 is 0 Å². The zero-order valence-electron chi connectivity index (χ0n) is 12.1. The Kier molecular flexibility index (Phi) is 4.61. The van der Waals surface area contributed by atoms with Gasteiger partial charge in [0.25, 0.3) is 5.91 Å². The summed E-state index contributed by atoms with van der Waals surface area (Å²) in [5, 5.41) is 5.02. The molecular weight excluding hydrogens is 272 g/mol. The first-order valence-electron chi connectivity index (χ1n) is 6.90. The standard InChI is InChI=1S/C16H19ClN2O/c1-4-5-6-15-11(2)18-19(12(15)3)16(20)13-7-9-14(17)10-8-13/h7-10H,4-6H2,1-3H3. The Morgan fingerprint density at radius 3 is 2.50 bits per heavy atom. The van der Waals surface area contributed by atoms with Gasteiger partial charge in [-0.25, -0.2) is 4.68 Å². The lowest BCUT2D eigenvalue weighted by molar-refractivity contribution is 0.0942. The summed E-state index contributed by atoms with van der Waals surface area (Å²) in [6.07, 6.45) is 3.22. The number of carbonyl (C=O) groups excluding carboxylic acids is 1. The van der Waals surface area contributed by atoms with E-state index < -0.39 is 0 Å². The van der Waals surface area contributed by atoms with Gasteiger partial charge in [-0.05, 0) is 56.5 Å². The summed E-state index contributed by atoms with van der Waals surface area (Å²) < 4.78 is 1.50. The van der Waals surface area contributed by atoms with Crippen LogP contribution in [0.4, 0.5) is 0 Å². The van der Waals surface area contributed by atoms with E-state index in [2.05, 4.69) is 12.0 Å². The molecule has 0 bridgehead atoms. The third-order valence-corrected chi connectivity index (χ3v) is 3.76. The molecule has 2 rings (SSSR count). The zero-order valence-corrected chi connectivity index (χ0v) is 12.9. The first-order chi connectivity index (χ1) is 9.54. The summed E-state index contributed by atoms with van der Waals surface area (Å²) in [5.74, 6) is -0.106. The molecule has 1 aromatic heterocycles. The van der Waals surface area contributed by atoms with Crippen LogP contribution in [0.25, 0.3) is 0 Å². The van der Waals surface area contributed by atoms with E-state index in [0.29, 0.717) is 10.6 Å². The van der Waals surface area contributed by atoms with Gasteiger partial charge in [0.15, 0.2) is 0 Å². The van der Waals surface area contributed by atoms with Crippen molar-refractivity contribution in [2.45, 2.75) is 40.0 Å². The van der Waals surface area contributed by atoms with E-state index in [1.807, 2.05) is 13.8 Å². The molecule has 0 saturated carbocycles. The molecule has 3 nitrogen and oxygen atoms in total. The maximum atomic E-state index is 12.5. The van der Waals surface area contributed by atoms with Gasteiger partial charge in [-0.2, -0.15) is 5.10 Å². The molecule has 0 fully saturated rings. The molecule has 0 saturated heterocycles. The number of rotatable bonds is 4. The minimum absolute atomic E-state index is 0.106. The summed E-state index contributed by atoms with van der Waals surface area (Å²) in [6.45, 7) is 6.08. The fourth-order valence-electron chi connectivity index (χ4n) is 2.30. The largest absolute Gasteiger partial charge is 0.278 e. The first kappa shape index (κ1) is 14.8. The SMILES string of the molecule is CCCCc1c(C)nn(C(=O)c2ccc(Cl)cc2)c1C. The summed E-state index contributed by atoms with van der Waals surface area (Å²) in [6, 6.07) is 6.90. The van der Waals surface area contributed by atoms with Crippen molar-refractivity contribution in [1.82, 2.24) is 9.78 Å². The van der Waals surface area contributed by atoms with Crippen molar-refractivity contribution in [2.75, 3.05) is 0 Å². The zero-order chi connectivity index (χ0) is 14.7. The summed E-state index contributed by atoms with van der Waals surface area (Å²) in [4.78, 5) is 12.5. The van der Waals surface area contributed by atoms with Crippen molar-refractivity contribution < 1.29 is 4.79 Å². The Balaban J connectivity index is 2.33. The van der Waals surface area contributed by atoms with Crippen molar-refractivity contribution in [2.24, 2.45) is 0 Å². The Morgan fingerprint density at radius 1 is 1.25 bits per heavy atom. The molecule has 0 spiro atoms. The maximum absolute atomic E-state index is 12.5. The molecule has 106 valence electrons. The number of halogens is 1.